The van der Waals surface area contributed by atoms with E-state index in [0.717, 1.165) is 41.9 Å². The number of aromatic amines is 1. The predicted octanol–water partition coefficient (Wildman–Crippen LogP) is 4.81. The number of aryl methyl sites for hydroxylation is 1. The van der Waals surface area contributed by atoms with Crippen molar-refractivity contribution >= 4 is 28.6 Å². The summed E-state index contributed by atoms with van der Waals surface area (Å²) in [6.07, 6.45) is 0.981. The van der Waals surface area contributed by atoms with Crippen LogP contribution in [0.4, 0.5) is 0 Å². The summed E-state index contributed by atoms with van der Waals surface area (Å²) in [6.45, 7) is 3.73. The number of hydrogen-bond acceptors (Lipinski definition) is 3. The third-order valence-corrected chi connectivity index (χ3v) is 6.53. The van der Waals surface area contributed by atoms with Crippen LogP contribution in [0.3, 0.4) is 0 Å². The van der Waals surface area contributed by atoms with Crippen molar-refractivity contribution in [1.82, 2.24) is 9.88 Å². The van der Waals surface area contributed by atoms with Crippen molar-refractivity contribution in [2.24, 2.45) is 0 Å². The zero-order valence-electron chi connectivity index (χ0n) is 15.7. The molecule has 0 radical (unpaired) electrons. The van der Waals surface area contributed by atoms with Gasteiger partial charge in [-0.25, -0.2) is 0 Å². The van der Waals surface area contributed by atoms with E-state index in [-0.39, 0.29) is 5.91 Å². The molecule has 0 unspecified atom stereocenters. The second-order valence-electron chi connectivity index (χ2n) is 6.93. The Bertz CT molecular complexity index is 966. The molecule has 5 heteroatoms. The highest BCUT2D eigenvalue weighted by Crippen LogP contribution is 2.36. The Balaban J connectivity index is 1.50. The molecule has 1 amide bonds. The quantitative estimate of drug-likeness (QED) is 0.709. The van der Waals surface area contributed by atoms with Gasteiger partial charge in [-0.2, -0.15) is 11.8 Å². The number of hydrogen-bond donors (Lipinski definition) is 1. The number of benzene rings is 2. The molecular formula is C22H24N2O2S. The lowest BCUT2D eigenvalue weighted by Gasteiger charge is -2.20. The van der Waals surface area contributed by atoms with Gasteiger partial charge in [0, 0.05) is 41.1 Å². The first kappa shape index (κ1) is 18.0. The number of aromatic nitrogens is 1. The largest absolute Gasteiger partial charge is 0.497 e. The molecule has 4 nitrogen and oxygen atoms in total. The molecule has 0 aliphatic carbocycles. The number of ether oxygens (including phenoxy) is 1. The first-order valence-electron chi connectivity index (χ1n) is 9.29. The van der Waals surface area contributed by atoms with Gasteiger partial charge in [0.1, 0.15) is 11.4 Å². The van der Waals surface area contributed by atoms with E-state index in [1.165, 1.54) is 11.1 Å². The maximum absolute atomic E-state index is 13.0. The second kappa shape index (κ2) is 7.69. The Kier molecular flexibility index (Phi) is 5.12. The maximum Gasteiger partial charge on any atom is 0.270 e. The van der Waals surface area contributed by atoms with Gasteiger partial charge in [-0.15, -0.1) is 0 Å². The van der Waals surface area contributed by atoms with Gasteiger partial charge >= 0.3 is 0 Å². The number of fused-ring (bicyclic) bond motifs is 1. The van der Waals surface area contributed by atoms with Crippen molar-refractivity contribution < 1.29 is 9.53 Å². The van der Waals surface area contributed by atoms with E-state index >= 15 is 0 Å². The number of nitrogens with one attached hydrogen (secondary N) is 1. The molecule has 1 aliphatic heterocycles. The summed E-state index contributed by atoms with van der Waals surface area (Å²) in [6, 6.07) is 16.3. The topological polar surface area (TPSA) is 45.3 Å². The predicted molar refractivity (Wildman–Crippen MR) is 112 cm³/mol. The number of amides is 1. The lowest BCUT2D eigenvalue weighted by molar-refractivity contribution is 0.0761. The average molecular weight is 381 g/mol. The first-order valence-corrected chi connectivity index (χ1v) is 10.3. The summed E-state index contributed by atoms with van der Waals surface area (Å²) in [5.41, 5.74) is 4.31. The molecule has 1 N–H and O–H groups in total. The molecule has 3 aromatic rings. The van der Waals surface area contributed by atoms with E-state index in [4.69, 9.17) is 4.74 Å². The fraction of sp³-hybridized carbons (Fsp3) is 0.318. The fourth-order valence-electron chi connectivity index (χ4n) is 3.69. The van der Waals surface area contributed by atoms with Crippen LogP contribution < -0.4 is 4.74 Å². The monoisotopic (exact) mass is 380 g/mol. The Morgan fingerprint density at radius 1 is 1.19 bits per heavy atom. The number of methoxy groups -OCH3 is 1. The van der Waals surface area contributed by atoms with E-state index in [2.05, 4.69) is 36.2 Å². The normalized spacial score (nSPS) is 17.7. The van der Waals surface area contributed by atoms with Crippen LogP contribution >= 0.6 is 11.8 Å². The van der Waals surface area contributed by atoms with Gasteiger partial charge in [0.2, 0.25) is 0 Å². The molecule has 27 heavy (non-hydrogen) atoms. The Labute approximate surface area is 163 Å². The lowest BCUT2D eigenvalue weighted by atomic mass is 10.0. The third kappa shape index (κ3) is 3.69. The summed E-state index contributed by atoms with van der Waals surface area (Å²) in [5, 5.41) is 1.48. The van der Waals surface area contributed by atoms with Gasteiger partial charge in [-0.1, -0.05) is 24.3 Å². The van der Waals surface area contributed by atoms with E-state index in [0.29, 0.717) is 10.9 Å². The van der Waals surface area contributed by atoms with Crippen molar-refractivity contribution in [1.29, 1.82) is 0 Å². The molecule has 1 aliphatic rings. The Morgan fingerprint density at radius 2 is 2.04 bits per heavy atom. The molecule has 0 spiro atoms. The maximum atomic E-state index is 13.0. The van der Waals surface area contributed by atoms with Crippen molar-refractivity contribution in [3.63, 3.8) is 0 Å². The van der Waals surface area contributed by atoms with Gasteiger partial charge in [0.15, 0.2) is 0 Å². The number of thioether (sulfide) groups is 1. The molecule has 2 aromatic carbocycles. The standard InChI is InChI=1S/C22H24N2O2S/c1-15-5-3-4-6-18(15)21-9-10-24(11-12-27-21)22(25)20-13-16-7-8-17(26-2)14-19(16)23-20/h3-8,13-14,21,23H,9-12H2,1-2H3/t21-/m1/s1. The zero-order valence-corrected chi connectivity index (χ0v) is 16.5. The lowest BCUT2D eigenvalue weighted by Crippen LogP contribution is -2.33. The van der Waals surface area contributed by atoms with Crippen LogP contribution in [0.5, 0.6) is 5.75 Å². The Morgan fingerprint density at radius 3 is 2.85 bits per heavy atom. The van der Waals surface area contributed by atoms with Crippen molar-refractivity contribution in [3.8, 4) is 5.75 Å². The summed E-state index contributed by atoms with van der Waals surface area (Å²) < 4.78 is 5.27. The molecule has 0 bridgehead atoms. The van der Waals surface area contributed by atoms with Crippen LogP contribution in [0.2, 0.25) is 0 Å². The summed E-state index contributed by atoms with van der Waals surface area (Å²) in [7, 11) is 1.65. The van der Waals surface area contributed by atoms with Crippen LogP contribution in [-0.4, -0.2) is 41.7 Å². The highest BCUT2D eigenvalue weighted by Gasteiger charge is 2.24. The number of H-pyrrole nitrogens is 1. The third-order valence-electron chi connectivity index (χ3n) is 5.22. The highest BCUT2D eigenvalue weighted by molar-refractivity contribution is 7.99. The minimum Gasteiger partial charge on any atom is -0.497 e. The SMILES string of the molecule is COc1ccc2cc(C(=O)N3CCS[C@@H](c4ccccc4C)CC3)[nH]c2c1. The zero-order chi connectivity index (χ0) is 18.8. The molecule has 0 saturated carbocycles. The molecule has 1 atom stereocenters. The van der Waals surface area contributed by atoms with Crippen LogP contribution in [0.15, 0.2) is 48.5 Å². The van der Waals surface area contributed by atoms with E-state index in [1.807, 2.05) is 40.9 Å². The number of carbonyl (C=O) groups is 1. The average Bonchev–Trinajstić information content (AvgIpc) is 2.96. The van der Waals surface area contributed by atoms with Gasteiger partial charge < -0.3 is 14.6 Å². The molecule has 1 aromatic heterocycles. The molecule has 2 heterocycles. The molecule has 140 valence electrons. The highest BCUT2D eigenvalue weighted by atomic mass is 32.2. The van der Waals surface area contributed by atoms with E-state index in [1.54, 1.807) is 7.11 Å². The summed E-state index contributed by atoms with van der Waals surface area (Å²) >= 11 is 1.96. The van der Waals surface area contributed by atoms with Gasteiger partial charge in [0.05, 0.1) is 7.11 Å². The van der Waals surface area contributed by atoms with Crippen LogP contribution in [0.25, 0.3) is 10.9 Å². The van der Waals surface area contributed by atoms with E-state index < -0.39 is 0 Å². The first-order chi connectivity index (χ1) is 13.2. The number of nitrogens with zero attached hydrogens (tertiary/aromatic N) is 1. The molecule has 1 saturated heterocycles. The van der Waals surface area contributed by atoms with Gasteiger partial charge in [-0.3, -0.25) is 4.79 Å². The minimum absolute atomic E-state index is 0.0798. The van der Waals surface area contributed by atoms with Crippen molar-refractivity contribution in [2.45, 2.75) is 18.6 Å². The smallest absolute Gasteiger partial charge is 0.270 e. The van der Waals surface area contributed by atoms with Crippen LogP contribution in [0.1, 0.15) is 33.3 Å². The summed E-state index contributed by atoms with van der Waals surface area (Å²) in [4.78, 5) is 18.3. The minimum atomic E-state index is 0.0798. The van der Waals surface area contributed by atoms with Crippen LogP contribution in [0, 0.1) is 6.92 Å². The van der Waals surface area contributed by atoms with Gasteiger partial charge in [0.25, 0.3) is 5.91 Å². The van der Waals surface area contributed by atoms with Crippen molar-refractivity contribution in [3.05, 3.63) is 65.4 Å². The Hall–Kier alpha value is -2.40. The molecule has 1 fully saturated rings. The summed E-state index contributed by atoms with van der Waals surface area (Å²) in [5.74, 6) is 1.82. The van der Waals surface area contributed by atoms with Gasteiger partial charge in [-0.05, 0) is 42.7 Å². The number of rotatable bonds is 3. The van der Waals surface area contributed by atoms with E-state index in [9.17, 15) is 4.79 Å². The van der Waals surface area contributed by atoms with Crippen molar-refractivity contribution in [2.75, 3.05) is 26.0 Å². The molecular weight excluding hydrogens is 356 g/mol. The second-order valence-corrected chi connectivity index (χ2v) is 8.24. The fourth-order valence-corrected chi connectivity index (χ4v) is 5.01. The number of carbonyl (C=O) groups excluding carboxylic acids is 1. The molecule has 4 rings (SSSR count). The van der Waals surface area contributed by atoms with Crippen LogP contribution in [-0.2, 0) is 0 Å².